The average molecular weight is 891 g/mol. The van der Waals surface area contributed by atoms with Crippen LogP contribution < -0.4 is 9.44 Å². The number of nitrogens with zero attached hydrogens (tertiary/aromatic N) is 4. The Morgan fingerprint density at radius 2 is 1.19 bits per heavy atom. The van der Waals surface area contributed by atoms with E-state index in [1.54, 1.807) is 30.3 Å². The van der Waals surface area contributed by atoms with E-state index in [1.165, 1.54) is 53.7 Å². The third-order valence-electron chi connectivity index (χ3n) is 11.0. The first-order valence-corrected chi connectivity index (χ1v) is 23.8. The van der Waals surface area contributed by atoms with E-state index >= 15 is 4.39 Å². The molecule has 334 valence electrons. The number of benzene rings is 3. The molecule has 2 unspecified atom stereocenters. The van der Waals surface area contributed by atoms with E-state index in [9.17, 15) is 31.5 Å². The molecule has 62 heavy (non-hydrogen) atoms. The number of carbonyl (C=O) groups excluding carboxylic acids is 2. The highest BCUT2D eigenvalue weighted by Gasteiger charge is 2.31. The fourth-order valence-electron chi connectivity index (χ4n) is 7.72. The van der Waals surface area contributed by atoms with Gasteiger partial charge in [-0.05, 0) is 128 Å². The van der Waals surface area contributed by atoms with E-state index in [-0.39, 0.29) is 53.3 Å². The zero-order valence-corrected chi connectivity index (χ0v) is 38.7. The zero-order valence-electron chi connectivity index (χ0n) is 37.1. The molecule has 0 fully saturated rings. The maximum Gasteiger partial charge on any atom is 0.283 e. The van der Waals surface area contributed by atoms with Crippen LogP contribution in [0.2, 0.25) is 0 Å². The third kappa shape index (κ3) is 11.2. The van der Waals surface area contributed by atoms with Crippen LogP contribution in [0.25, 0.3) is 5.69 Å². The number of carbonyl (C=O) groups is 2. The second-order valence-electron chi connectivity index (χ2n) is 17.5. The van der Waals surface area contributed by atoms with Gasteiger partial charge in [0.05, 0.1) is 24.2 Å². The maximum absolute atomic E-state index is 15.3. The summed E-state index contributed by atoms with van der Waals surface area (Å²) in [7, 11) is -8.72. The van der Waals surface area contributed by atoms with Crippen LogP contribution in [0.1, 0.15) is 151 Å². The van der Waals surface area contributed by atoms with Crippen LogP contribution in [0.15, 0.2) is 89.0 Å². The zero-order chi connectivity index (χ0) is 45.9. The van der Waals surface area contributed by atoms with Gasteiger partial charge in [-0.3, -0.25) is 14.3 Å². The van der Waals surface area contributed by atoms with Gasteiger partial charge in [0.1, 0.15) is 11.4 Å². The summed E-state index contributed by atoms with van der Waals surface area (Å²) in [6.45, 7) is 18.5. The molecule has 2 amide bonds. The minimum atomic E-state index is -4.46. The van der Waals surface area contributed by atoms with Gasteiger partial charge in [0.15, 0.2) is 10.1 Å². The van der Waals surface area contributed by atoms with Gasteiger partial charge in [-0.2, -0.15) is 27.0 Å². The molecule has 5 aromatic rings. The molecule has 5 rings (SSSR count). The number of rotatable bonds is 18. The Labute approximate surface area is 365 Å². The minimum Gasteiger partial charge on any atom is -0.384 e. The summed E-state index contributed by atoms with van der Waals surface area (Å²) < 4.78 is 76.0. The Hall–Kier alpha value is -5.19. The molecule has 13 nitrogen and oxygen atoms in total. The summed E-state index contributed by atoms with van der Waals surface area (Å²) in [5, 5.41) is 18.6. The molecular formula is C46H59FN6O7S2. The number of nitrogens with one attached hydrogen (secondary N) is 2. The molecule has 0 aliphatic rings. The number of para-hydroxylation sites is 1. The molecule has 0 radical (unpaired) electrons. The van der Waals surface area contributed by atoms with Crippen molar-refractivity contribution in [3.8, 4) is 5.69 Å². The molecule has 0 spiro atoms. The Balaban J connectivity index is 1.37. The summed E-state index contributed by atoms with van der Waals surface area (Å²) in [6, 6.07) is 19.8. The summed E-state index contributed by atoms with van der Waals surface area (Å²) in [5.41, 5.74) is 3.51. The molecule has 0 aliphatic carbocycles. The van der Waals surface area contributed by atoms with E-state index in [1.807, 2.05) is 73.6 Å². The first kappa shape index (κ1) is 47.9. The molecule has 0 bridgehead atoms. The third-order valence-corrected chi connectivity index (χ3v) is 13.5. The number of amides is 2. The van der Waals surface area contributed by atoms with E-state index in [4.69, 9.17) is 0 Å². The molecule has 2 atom stereocenters. The summed E-state index contributed by atoms with van der Waals surface area (Å²) >= 11 is 0. The Morgan fingerprint density at radius 1 is 0.677 bits per heavy atom. The van der Waals surface area contributed by atoms with Gasteiger partial charge < -0.3 is 5.11 Å². The van der Waals surface area contributed by atoms with Crippen LogP contribution in [-0.2, 0) is 48.1 Å². The second-order valence-corrected chi connectivity index (χ2v) is 20.7. The standard InChI is InChI=1S/C46H59FN6O7S2/c1-28(2)35-17-14-18-36(39(35)25-42(54)51-62(59,60)45-27-41(46(9,10)56)53(49-45)34-15-12-11-13-16-34)31(7)19-20-32(8)38-24-33(47)23-37(29(3)4)40(38)26-43(55)50-61(57,58)44-21-22-52(48-44)30(5)6/h11-18,21-24,27-32,56H,19-20,25-26H2,1-10H3,(H,50,55)(H,51,54). The van der Waals surface area contributed by atoms with E-state index in [2.05, 4.69) is 19.6 Å². The molecule has 2 aromatic heterocycles. The summed E-state index contributed by atoms with van der Waals surface area (Å²) in [4.78, 5) is 27.1. The van der Waals surface area contributed by atoms with Gasteiger partial charge in [0.25, 0.3) is 20.0 Å². The smallest absolute Gasteiger partial charge is 0.283 e. The highest BCUT2D eigenvalue weighted by molar-refractivity contribution is 7.90. The van der Waals surface area contributed by atoms with Crippen LogP contribution in [0.4, 0.5) is 4.39 Å². The Morgan fingerprint density at radius 3 is 1.73 bits per heavy atom. The molecule has 0 aliphatic heterocycles. The molecule has 0 saturated carbocycles. The van der Waals surface area contributed by atoms with E-state index in [0.29, 0.717) is 40.8 Å². The van der Waals surface area contributed by atoms with Crippen molar-refractivity contribution in [2.24, 2.45) is 0 Å². The SMILES string of the molecule is CC(C)c1cc(F)cc(C(C)CCC(C)c2cccc(C(C)C)c2CC(=O)NS(=O)(=O)c2cc(C(C)(C)O)n(-c3ccccc3)n2)c1CC(=O)NS(=O)(=O)c1ccn(C(C)C)n1. The highest BCUT2D eigenvalue weighted by Crippen LogP contribution is 2.36. The van der Waals surface area contributed by atoms with Crippen molar-refractivity contribution in [1.29, 1.82) is 0 Å². The van der Waals surface area contributed by atoms with Crippen LogP contribution >= 0.6 is 0 Å². The largest absolute Gasteiger partial charge is 0.384 e. The molecule has 3 aromatic carbocycles. The van der Waals surface area contributed by atoms with Crippen molar-refractivity contribution in [2.45, 2.75) is 140 Å². The lowest BCUT2D eigenvalue weighted by Crippen LogP contribution is -2.33. The van der Waals surface area contributed by atoms with Crippen molar-refractivity contribution >= 4 is 31.9 Å². The summed E-state index contributed by atoms with van der Waals surface area (Å²) in [5.74, 6) is -2.54. The summed E-state index contributed by atoms with van der Waals surface area (Å²) in [6.07, 6.45) is 2.13. The fraction of sp³-hybridized carbons (Fsp3) is 0.435. The Kier molecular flexibility index (Phi) is 14.7. The lowest BCUT2D eigenvalue weighted by molar-refractivity contribution is -0.119. The normalized spacial score (nSPS) is 13.5. The van der Waals surface area contributed by atoms with Crippen molar-refractivity contribution in [3.63, 3.8) is 0 Å². The Bertz CT molecular complexity index is 2630. The number of aliphatic hydroxyl groups is 1. The quantitative estimate of drug-likeness (QED) is 0.0784. The van der Waals surface area contributed by atoms with Gasteiger partial charge in [-0.1, -0.05) is 77.9 Å². The van der Waals surface area contributed by atoms with Crippen LogP contribution in [0.3, 0.4) is 0 Å². The van der Waals surface area contributed by atoms with Gasteiger partial charge in [-0.25, -0.2) is 18.5 Å². The van der Waals surface area contributed by atoms with Crippen molar-refractivity contribution in [1.82, 2.24) is 29.0 Å². The van der Waals surface area contributed by atoms with Crippen LogP contribution in [0.5, 0.6) is 0 Å². The predicted molar refractivity (Wildman–Crippen MR) is 237 cm³/mol. The lowest BCUT2D eigenvalue weighted by Gasteiger charge is -2.24. The van der Waals surface area contributed by atoms with Gasteiger partial charge in [0.2, 0.25) is 11.8 Å². The van der Waals surface area contributed by atoms with Crippen molar-refractivity contribution in [2.75, 3.05) is 0 Å². The predicted octanol–water partition coefficient (Wildman–Crippen LogP) is 8.05. The topological polar surface area (TPSA) is 182 Å². The number of sulfonamides is 2. The fourth-order valence-corrected chi connectivity index (χ4v) is 9.57. The lowest BCUT2D eigenvalue weighted by atomic mass is 9.81. The second kappa shape index (κ2) is 19.1. The highest BCUT2D eigenvalue weighted by atomic mass is 32.2. The first-order chi connectivity index (χ1) is 28.9. The molecular weight excluding hydrogens is 832 g/mol. The maximum atomic E-state index is 15.3. The number of aromatic nitrogens is 4. The van der Waals surface area contributed by atoms with Gasteiger partial charge in [0, 0.05) is 18.3 Å². The number of hydrogen-bond donors (Lipinski definition) is 3. The van der Waals surface area contributed by atoms with Crippen molar-refractivity contribution in [3.05, 3.63) is 124 Å². The number of halogens is 1. The van der Waals surface area contributed by atoms with Crippen LogP contribution in [-0.4, -0.2) is 53.3 Å². The van der Waals surface area contributed by atoms with Crippen molar-refractivity contribution < 1.29 is 35.9 Å². The van der Waals surface area contributed by atoms with Gasteiger partial charge >= 0.3 is 0 Å². The van der Waals surface area contributed by atoms with Gasteiger partial charge in [-0.15, -0.1) is 0 Å². The van der Waals surface area contributed by atoms with E-state index < -0.39 is 48.3 Å². The molecule has 2 heterocycles. The first-order valence-electron chi connectivity index (χ1n) is 20.9. The minimum absolute atomic E-state index is 0.00145. The van der Waals surface area contributed by atoms with Crippen LogP contribution in [0, 0.1) is 5.82 Å². The number of hydrogen-bond acceptors (Lipinski definition) is 9. The van der Waals surface area contributed by atoms with E-state index in [0.717, 1.165) is 11.1 Å². The average Bonchev–Trinajstić information content (AvgIpc) is 3.88. The molecule has 16 heteroatoms. The monoisotopic (exact) mass is 890 g/mol. The molecule has 0 saturated heterocycles. The molecule has 3 N–H and O–H groups in total.